The number of nitrogens with zero attached hydrogens (tertiary/aromatic N) is 2. The number of esters is 1. The highest BCUT2D eigenvalue weighted by atomic mass is 16.5. The smallest absolute Gasteiger partial charge is 0.333 e. The van der Waals surface area contributed by atoms with E-state index in [0.717, 1.165) is 12.8 Å². The summed E-state index contributed by atoms with van der Waals surface area (Å²) >= 11 is 0. The minimum atomic E-state index is -0.807. The molecule has 1 aromatic carbocycles. The molecule has 0 fully saturated rings. The number of methoxy groups -OCH3 is 1. The Morgan fingerprint density at radius 1 is 1.24 bits per heavy atom. The van der Waals surface area contributed by atoms with Gasteiger partial charge in [-0.1, -0.05) is 42.4 Å². The number of carbonyl (C=O) groups excluding carboxylic acids is 2. The summed E-state index contributed by atoms with van der Waals surface area (Å²) in [6, 6.07) is 8.20. The number of ether oxygens (including phenoxy) is 1. The summed E-state index contributed by atoms with van der Waals surface area (Å²) in [7, 11) is 1.30. The fraction of sp³-hybridized carbons (Fsp3) is 0.444. The zero-order valence-electron chi connectivity index (χ0n) is 14.5. The number of aromatic nitrogens is 2. The first kappa shape index (κ1) is 18.6. The van der Waals surface area contributed by atoms with E-state index in [4.69, 9.17) is 9.26 Å². The van der Waals surface area contributed by atoms with Crippen LogP contribution < -0.4 is 5.32 Å². The van der Waals surface area contributed by atoms with Gasteiger partial charge in [-0.3, -0.25) is 4.79 Å². The second-order valence-corrected chi connectivity index (χ2v) is 5.64. The largest absolute Gasteiger partial charge is 0.467 e. The van der Waals surface area contributed by atoms with Crippen LogP contribution in [0.4, 0.5) is 0 Å². The van der Waals surface area contributed by atoms with Crippen LogP contribution in [0.5, 0.6) is 0 Å². The lowest BCUT2D eigenvalue weighted by Gasteiger charge is -2.16. The molecule has 7 nitrogen and oxygen atoms in total. The van der Waals surface area contributed by atoms with E-state index in [9.17, 15) is 9.59 Å². The van der Waals surface area contributed by atoms with Crippen molar-refractivity contribution in [3.05, 3.63) is 47.6 Å². The predicted octanol–water partition coefficient (Wildman–Crippen LogP) is 2.38. The fourth-order valence-electron chi connectivity index (χ4n) is 2.39. The van der Waals surface area contributed by atoms with Gasteiger partial charge in [0.1, 0.15) is 0 Å². The molecule has 1 aromatic heterocycles. The van der Waals surface area contributed by atoms with E-state index in [2.05, 4.69) is 15.5 Å². The highest BCUT2D eigenvalue weighted by molar-refractivity contribution is 5.85. The molecule has 2 rings (SSSR count). The standard InChI is InChI=1S/C18H23N3O4/c1-3-8-14-19-16(25-21-14)12-7-11-15(22)20-17(18(23)24-2)13-9-5-4-6-10-13/h4-6,9-10,17H,3,7-8,11-12H2,1-2H3,(H,20,22)/t17-/m1/s1. The average molecular weight is 345 g/mol. The topological polar surface area (TPSA) is 94.3 Å². The Morgan fingerprint density at radius 3 is 2.68 bits per heavy atom. The molecule has 1 heterocycles. The van der Waals surface area contributed by atoms with Crippen LogP contribution in [0.3, 0.4) is 0 Å². The third-order valence-corrected chi connectivity index (χ3v) is 3.65. The molecule has 134 valence electrons. The third kappa shape index (κ3) is 5.70. The van der Waals surface area contributed by atoms with Gasteiger partial charge in [0.05, 0.1) is 7.11 Å². The van der Waals surface area contributed by atoms with Crippen LogP contribution in [0.25, 0.3) is 0 Å². The van der Waals surface area contributed by atoms with E-state index in [1.54, 1.807) is 24.3 Å². The van der Waals surface area contributed by atoms with Crippen molar-refractivity contribution in [1.29, 1.82) is 0 Å². The second kappa shape index (κ2) is 9.56. The SMILES string of the molecule is CCCc1noc(CCCC(=O)N[C@@H](C(=O)OC)c2ccccc2)n1. The number of aryl methyl sites for hydroxylation is 2. The Kier molecular flexibility index (Phi) is 7.13. The van der Waals surface area contributed by atoms with E-state index in [-0.39, 0.29) is 12.3 Å². The average Bonchev–Trinajstić information content (AvgIpc) is 3.07. The molecule has 0 radical (unpaired) electrons. The number of hydrogen-bond donors (Lipinski definition) is 1. The molecule has 7 heteroatoms. The number of carbonyl (C=O) groups is 2. The molecule has 0 aliphatic heterocycles. The van der Waals surface area contributed by atoms with Gasteiger partial charge in [0, 0.05) is 19.3 Å². The zero-order valence-corrected chi connectivity index (χ0v) is 14.5. The summed E-state index contributed by atoms with van der Waals surface area (Å²) in [6.07, 6.45) is 3.07. The van der Waals surface area contributed by atoms with Gasteiger partial charge < -0.3 is 14.6 Å². The van der Waals surface area contributed by atoms with E-state index < -0.39 is 12.0 Å². The van der Waals surface area contributed by atoms with Crippen LogP contribution >= 0.6 is 0 Å². The third-order valence-electron chi connectivity index (χ3n) is 3.65. The van der Waals surface area contributed by atoms with Crippen LogP contribution in [0.15, 0.2) is 34.9 Å². The molecule has 25 heavy (non-hydrogen) atoms. The number of rotatable bonds is 9. The summed E-state index contributed by atoms with van der Waals surface area (Å²) in [4.78, 5) is 28.4. The van der Waals surface area contributed by atoms with Gasteiger partial charge in [-0.15, -0.1) is 0 Å². The van der Waals surface area contributed by atoms with Crippen molar-refractivity contribution in [2.45, 2.75) is 45.1 Å². The van der Waals surface area contributed by atoms with Gasteiger partial charge in [-0.2, -0.15) is 4.98 Å². The van der Waals surface area contributed by atoms with E-state index in [1.807, 2.05) is 13.0 Å². The lowest BCUT2D eigenvalue weighted by Crippen LogP contribution is -2.34. The highest BCUT2D eigenvalue weighted by Crippen LogP contribution is 2.15. The molecule has 1 atom stereocenters. The number of amides is 1. The predicted molar refractivity (Wildman–Crippen MR) is 90.6 cm³/mol. The van der Waals surface area contributed by atoms with Crippen LogP contribution in [0, 0.1) is 0 Å². The van der Waals surface area contributed by atoms with E-state index in [0.29, 0.717) is 30.1 Å². The number of hydrogen-bond acceptors (Lipinski definition) is 6. The maximum absolute atomic E-state index is 12.2. The normalized spacial score (nSPS) is 11.8. The molecule has 1 N–H and O–H groups in total. The van der Waals surface area contributed by atoms with Crippen LogP contribution in [0.1, 0.15) is 49.5 Å². The summed E-state index contributed by atoms with van der Waals surface area (Å²) < 4.78 is 9.92. The number of nitrogens with one attached hydrogen (secondary N) is 1. The Balaban J connectivity index is 1.85. The maximum Gasteiger partial charge on any atom is 0.333 e. The van der Waals surface area contributed by atoms with Crippen LogP contribution in [-0.4, -0.2) is 29.1 Å². The first-order valence-electron chi connectivity index (χ1n) is 8.37. The molecule has 0 aliphatic carbocycles. The van der Waals surface area contributed by atoms with Gasteiger partial charge in [-0.25, -0.2) is 4.79 Å². The molecule has 0 saturated heterocycles. The molecule has 1 amide bonds. The first-order chi connectivity index (χ1) is 12.1. The lowest BCUT2D eigenvalue weighted by molar-refractivity contribution is -0.145. The van der Waals surface area contributed by atoms with Crippen molar-refractivity contribution in [3.8, 4) is 0 Å². The Hall–Kier alpha value is -2.70. The molecule has 0 bridgehead atoms. The minimum absolute atomic E-state index is 0.229. The molecular weight excluding hydrogens is 322 g/mol. The summed E-state index contributed by atoms with van der Waals surface area (Å²) in [5, 5.41) is 6.59. The van der Waals surface area contributed by atoms with Crippen molar-refractivity contribution in [3.63, 3.8) is 0 Å². The quantitative estimate of drug-likeness (QED) is 0.701. The van der Waals surface area contributed by atoms with Gasteiger partial charge in [0.2, 0.25) is 11.8 Å². The van der Waals surface area contributed by atoms with Gasteiger partial charge in [0.15, 0.2) is 11.9 Å². The monoisotopic (exact) mass is 345 g/mol. The molecule has 2 aromatic rings. The van der Waals surface area contributed by atoms with Crippen molar-refractivity contribution < 1.29 is 18.8 Å². The molecule has 0 aliphatic rings. The Labute approximate surface area is 146 Å². The second-order valence-electron chi connectivity index (χ2n) is 5.64. The molecular formula is C18H23N3O4. The zero-order chi connectivity index (χ0) is 18.1. The van der Waals surface area contributed by atoms with Crippen molar-refractivity contribution in [2.24, 2.45) is 0 Å². The van der Waals surface area contributed by atoms with Crippen LogP contribution in [-0.2, 0) is 27.2 Å². The first-order valence-corrected chi connectivity index (χ1v) is 8.37. The fourth-order valence-corrected chi connectivity index (χ4v) is 2.39. The van der Waals surface area contributed by atoms with Gasteiger partial charge in [-0.05, 0) is 18.4 Å². The van der Waals surface area contributed by atoms with Crippen LogP contribution in [0.2, 0.25) is 0 Å². The highest BCUT2D eigenvalue weighted by Gasteiger charge is 2.23. The maximum atomic E-state index is 12.2. The minimum Gasteiger partial charge on any atom is -0.467 e. The summed E-state index contributed by atoms with van der Waals surface area (Å²) in [5.41, 5.74) is 0.684. The number of benzene rings is 1. The van der Waals surface area contributed by atoms with Gasteiger partial charge in [0.25, 0.3) is 0 Å². The lowest BCUT2D eigenvalue weighted by atomic mass is 10.1. The Bertz CT molecular complexity index is 685. The molecule has 0 unspecified atom stereocenters. The van der Waals surface area contributed by atoms with Crippen molar-refractivity contribution in [1.82, 2.24) is 15.5 Å². The van der Waals surface area contributed by atoms with E-state index in [1.165, 1.54) is 7.11 Å². The van der Waals surface area contributed by atoms with Crippen molar-refractivity contribution >= 4 is 11.9 Å². The van der Waals surface area contributed by atoms with Gasteiger partial charge >= 0.3 is 5.97 Å². The summed E-state index contributed by atoms with van der Waals surface area (Å²) in [6.45, 7) is 2.05. The summed E-state index contributed by atoms with van der Waals surface area (Å²) in [5.74, 6) is 0.494. The molecule has 0 spiro atoms. The van der Waals surface area contributed by atoms with E-state index >= 15 is 0 Å². The Morgan fingerprint density at radius 2 is 2.00 bits per heavy atom. The molecule has 0 saturated carbocycles. The van der Waals surface area contributed by atoms with Crippen molar-refractivity contribution in [2.75, 3.05) is 7.11 Å².